The molecule has 0 radical (unpaired) electrons. The Morgan fingerprint density at radius 2 is 2.26 bits per heavy atom. The lowest BCUT2D eigenvalue weighted by Gasteiger charge is -2.29. The smallest absolute Gasteiger partial charge is 0.227 e. The highest BCUT2D eigenvalue weighted by Gasteiger charge is 2.23. The minimum atomic E-state index is -0.706. The molecule has 0 unspecified atom stereocenters. The summed E-state index contributed by atoms with van der Waals surface area (Å²) in [6.07, 6.45) is 1.49. The molecule has 1 aliphatic heterocycles. The van der Waals surface area contributed by atoms with Crippen LogP contribution in [0.3, 0.4) is 0 Å². The second kappa shape index (κ2) is 5.79. The van der Waals surface area contributed by atoms with Crippen molar-refractivity contribution in [1.82, 2.24) is 4.90 Å². The van der Waals surface area contributed by atoms with Gasteiger partial charge in [0.25, 0.3) is 0 Å². The fourth-order valence-electron chi connectivity index (χ4n) is 2.25. The number of nitriles is 1. The molecule has 1 aromatic rings. The maximum atomic E-state index is 13.5. The Morgan fingerprint density at radius 1 is 1.47 bits per heavy atom. The van der Waals surface area contributed by atoms with E-state index in [2.05, 4.69) is 6.07 Å². The molecule has 19 heavy (non-hydrogen) atoms. The zero-order valence-corrected chi connectivity index (χ0v) is 10.4. The number of halogens is 2. The van der Waals surface area contributed by atoms with E-state index in [9.17, 15) is 13.6 Å². The quantitative estimate of drug-likeness (QED) is 0.822. The van der Waals surface area contributed by atoms with Crippen molar-refractivity contribution in [2.75, 3.05) is 13.1 Å². The third kappa shape index (κ3) is 3.28. The summed E-state index contributed by atoms with van der Waals surface area (Å²) >= 11 is 0. The first-order valence-electron chi connectivity index (χ1n) is 6.21. The van der Waals surface area contributed by atoms with Crippen molar-refractivity contribution >= 4 is 5.91 Å². The summed E-state index contributed by atoms with van der Waals surface area (Å²) in [4.78, 5) is 13.6. The van der Waals surface area contributed by atoms with Crippen molar-refractivity contribution < 1.29 is 13.6 Å². The van der Waals surface area contributed by atoms with Crippen LogP contribution in [-0.4, -0.2) is 23.9 Å². The first kappa shape index (κ1) is 13.5. The molecule has 1 heterocycles. The molecule has 0 aliphatic carbocycles. The van der Waals surface area contributed by atoms with E-state index in [1.807, 2.05) is 0 Å². The minimum absolute atomic E-state index is 0.0930. The van der Waals surface area contributed by atoms with Gasteiger partial charge in [-0.05, 0) is 24.5 Å². The van der Waals surface area contributed by atoms with Crippen LogP contribution in [0.4, 0.5) is 8.78 Å². The second-order valence-electron chi connectivity index (χ2n) is 4.72. The summed E-state index contributed by atoms with van der Waals surface area (Å²) in [5.74, 6) is -1.72. The van der Waals surface area contributed by atoms with Gasteiger partial charge in [-0.1, -0.05) is 6.07 Å². The third-order valence-corrected chi connectivity index (χ3v) is 3.31. The molecule has 1 atom stereocenters. The van der Waals surface area contributed by atoms with Crippen molar-refractivity contribution in [1.29, 1.82) is 5.26 Å². The molecule has 0 N–H and O–H groups in total. The molecule has 0 spiro atoms. The third-order valence-electron chi connectivity index (χ3n) is 3.31. The molecule has 2 rings (SSSR count). The lowest BCUT2D eigenvalue weighted by Crippen LogP contribution is -2.40. The molecule has 100 valence electrons. The standard InChI is InChI=1S/C14H14F2N2O/c15-12-4-3-11(13(16)7-12)6-14(19)18-5-1-2-10(8-17)9-18/h3-4,7,10H,1-2,5-6,9H2/t10-/m1/s1. The monoisotopic (exact) mass is 264 g/mol. The second-order valence-corrected chi connectivity index (χ2v) is 4.72. The maximum Gasteiger partial charge on any atom is 0.227 e. The van der Waals surface area contributed by atoms with Crippen molar-refractivity contribution in [2.24, 2.45) is 5.92 Å². The molecule has 5 heteroatoms. The van der Waals surface area contributed by atoms with E-state index >= 15 is 0 Å². The predicted octanol–water partition coefficient (Wildman–Crippen LogP) is 2.27. The molecule has 3 nitrogen and oxygen atoms in total. The Balaban J connectivity index is 2.02. The number of benzene rings is 1. The van der Waals surface area contributed by atoms with Crippen molar-refractivity contribution in [2.45, 2.75) is 19.3 Å². The number of hydrogen-bond acceptors (Lipinski definition) is 2. The summed E-state index contributed by atoms with van der Waals surface area (Å²) < 4.78 is 26.2. The molecule has 1 amide bonds. The molecule has 1 saturated heterocycles. The van der Waals surface area contributed by atoms with Gasteiger partial charge >= 0.3 is 0 Å². The Labute approximate surface area is 110 Å². The fourth-order valence-corrected chi connectivity index (χ4v) is 2.25. The van der Waals surface area contributed by atoms with Crippen molar-refractivity contribution in [3.05, 3.63) is 35.4 Å². The number of carbonyl (C=O) groups is 1. The van der Waals surface area contributed by atoms with Crippen LogP contribution in [-0.2, 0) is 11.2 Å². The number of nitrogens with zero attached hydrogens (tertiary/aromatic N) is 2. The highest BCUT2D eigenvalue weighted by Crippen LogP contribution is 2.17. The van der Waals surface area contributed by atoms with E-state index in [4.69, 9.17) is 5.26 Å². The van der Waals surface area contributed by atoms with Crippen molar-refractivity contribution in [3.8, 4) is 6.07 Å². The normalized spacial score (nSPS) is 19.0. The molecule has 1 fully saturated rings. The van der Waals surface area contributed by atoms with Crippen LogP contribution in [0.2, 0.25) is 0 Å². The van der Waals surface area contributed by atoms with E-state index in [1.165, 1.54) is 6.07 Å². The predicted molar refractivity (Wildman–Crippen MR) is 65.0 cm³/mol. The van der Waals surface area contributed by atoms with Crippen LogP contribution in [0.5, 0.6) is 0 Å². The molecule has 1 aromatic carbocycles. The summed E-state index contributed by atoms with van der Waals surface area (Å²) in [7, 11) is 0. The van der Waals surface area contributed by atoms with E-state index in [0.29, 0.717) is 13.1 Å². The van der Waals surface area contributed by atoms with Crippen LogP contribution in [0, 0.1) is 28.9 Å². The molecule has 0 saturated carbocycles. The summed E-state index contributed by atoms with van der Waals surface area (Å²) in [6, 6.07) is 5.35. The zero-order valence-electron chi connectivity index (χ0n) is 10.4. The molecule has 1 aliphatic rings. The summed E-state index contributed by atoms with van der Waals surface area (Å²) in [5.41, 5.74) is 0.186. The van der Waals surface area contributed by atoms with E-state index in [-0.39, 0.29) is 23.8 Å². The van der Waals surface area contributed by atoms with Gasteiger partial charge in [0.1, 0.15) is 11.6 Å². The average molecular weight is 264 g/mol. The SMILES string of the molecule is N#C[C@H]1CCCN(C(=O)Cc2ccc(F)cc2F)C1. The lowest BCUT2D eigenvalue weighted by molar-refractivity contribution is -0.131. The molecule has 0 bridgehead atoms. The zero-order chi connectivity index (χ0) is 13.8. The largest absolute Gasteiger partial charge is 0.341 e. The van der Waals surface area contributed by atoms with E-state index in [1.54, 1.807) is 4.90 Å². The molecular formula is C14H14F2N2O. The lowest BCUT2D eigenvalue weighted by atomic mass is 9.99. The van der Waals surface area contributed by atoms with Gasteiger partial charge in [0.2, 0.25) is 5.91 Å². The first-order chi connectivity index (χ1) is 9.10. The number of amides is 1. The summed E-state index contributed by atoms with van der Waals surface area (Å²) in [5, 5.41) is 8.87. The average Bonchev–Trinajstić information content (AvgIpc) is 2.42. The van der Waals surface area contributed by atoms with Crippen LogP contribution in [0.1, 0.15) is 18.4 Å². The van der Waals surface area contributed by atoms with Gasteiger partial charge in [0.05, 0.1) is 18.4 Å². The number of rotatable bonds is 2. The van der Waals surface area contributed by atoms with Crippen molar-refractivity contribution in [3.63, 3.8) is 0 Å². The molecule has 0 aromatic heterocycles. The highest BCUT2D eigenvalue weighted by molar-refractivity contribution is 5.79. The summed E-state index contributed by atoms with van der Waals surface area (Å²) in [6.45, 7) is 0.998. The van der Waals surface area contributed by atoms with Gasteiger partial charge in [-0.3, -0.25) is 4.79 Å². The van der Waals surface area contributed by atoms with Crippen LogP contribution in [0.15, 0.2) is 18.2 Å². The number of carbonyl (C=O) groups excluding carboxylic acids is 1. The van der Waals surface area contributed by atoms with Crippen LogP contribution in [0.25, 0.3) is 0 Å². The highest BCUT2D eigenvalue weighted by atomic mass is 19.1. The first-order valence-corrected chi connectivity index (χ1v) is 6.21. The van der Waals surface area contributed by atoms with E-state index < -0.39 is 11.6 Å². The van der Waals surface area contributed by atoms with Gasteiger partial charge in [-0.15, -0.1) is 0 Å². The number of likely N-dealkylation sites (tertiary alicyclic amines) is 1. The van der Waals surface area contributed by atoms with Gasteiger partial charge in [0, 0.05) is 19.2 Å². The van der Waals surface area contributed by atoms with Gasteiger partial charge in [-0.2, -0.15) is 5.26 Å². The molecular weight excluding hydrogens is 250 g/mol. The number of piperidine rings is 1. The van der Waals surface area contributed by atoms with Crippen LogP contribution < -0.4 is 0 Å². The minimum Gasteiger partial charge on any atom is -0.341 e. The van der Waals surface area contributed by atoms with Crippen LogP contribution >= 0.6 is 0 Å². The fraction of sp³-hybridized carbons (Fsp3) is 0.429. The Hall–Kier alpha value is -1.96. The van der Waals surface area contributed by atoms with Gasteiger partial charge < -0.3 is 4.90 Å². The number of hydrogen-bond donors (Lipinski definition) is 0. The maximum absolute atomic E-state index is 13.5. The Kier molecular flexibility index (Phi) is 4.10. The van der Waals surface area contributed by atoms with E-state index in [0.717, 1.165) is 25.0 Å². The van der Waals surface area contributed by atoms with Gasteiger partial charge in [-0.25, -0.2) is 8.78 Å². The Morgan fingerprint density at radius 3 is 2.95 bits per heavy atom. The Bertz CT molecular complexity index is 525. The topological polar surface area (TPSA) is 44.1 Å². The van der Waals surface area contributed by atoms with Gasteiger partial charge in [0.15, 0.2) is 0 Å².